The van der Waals surface area contributed by atoms with E-state index >= 15 is 0 Å². The van der Waals surface area contributed by atoms with Crippen molar-refractivity contribution in [2.75, 3.05) is 20.1 Å². The minimum Gasteiger partial charge on any atom is -0.382 e. The number of hydrogen-bond acceptors (Lipinski definition) is 12. The van der Waals surface area contributed by atoms with E-state index in [1.54, 1.807) is 53.2 Å². The number of aliphatic hydroxyl groups excluding tert-OH is 1. The van der Waals surface area contributed by atoms with Crippen LogP contribution in [0.1, 0.15) is 98.8 Å². The van der Waals surface area contributed by atoms with Gasteiger partial charge in [0.05, 0.1) is 17.7 Å². The zero-order valence-corrected chi connectivity index (χ0v) is 35.5. The zero-order valence-electron chi connectivity index (χ0n) is 35.5. The molecule has 1 heterocycles. The third-order valence-electron chi connectivity index (χ3n) is 10.2. The number of amides is 5. The fourth-order valence-corrected chi connectivity index (χ4v) is 6.72. The number of benzene rings is 2. The standard InChI is InChI=1S/C43H64N10O8/c1-28(2)25-33(38(55)43(60)51-61)40(57)49-36(26-29-18-20-31(21-19-29)37(54)30-13-5-4-6-14-30)42(59)47-23-11-7-15-32-27-53(52-50-32)24-12-9-16-34(44)41(58)48-35(39(45)56)17-8-10-22-46-3/h4-6,13-14,18-21,27-28,33-36,38,46,55,61H,7-12,15-17,22-26,44H2,1-3H3,(H2,45,56)(H,47,59)(H,48,58)(H,49,57)(H,51,60)/t33-,34-,35+,36+,38+/m1/s1. The minimum atomic E-state index is -1.85. The van der Waals surface area contributed by atoms with Gasteiger partial charge in [-0.1, -0.05) is 73.7 Å². The Labute approximate surface area is 357 Å². The molecule has 0 fully saturated rings. The van der Waals surface area contributed by atoms with Gasteiger partial charge in [0.25, 0.3) is 5.91 Å². The number of hydrogen-bond donors (Lipinski definition) is 9. The minimum absolute atomic E-state index is 0.0590. The van der Waals surface area contributed by atoms with Crippen molar-refractivity contribution in [3.8, 4) is 0 Å². The summed E-state index contributed by atoms with van der Waals surface area (Å²) in [5.74, 6) is -4.81. The van der Waals surface area contributed by atoms with E-state index in [-0.39, 0.29) is 24.5 Å². The number of ketones is 1. The van der Waals surface area contributed by atoms with E-state index in [1.807, 2.05) is 33.2 Å². The van der Waals surface area contributed by atoms with Gasteiger partial charge >= 0.3 is 0 Å². The molecule has 3 aromatic rings. The van der Waals surface area contributed by atoms with Crippen LogP contribution in [-0.2, 0) is 43.4 Å². The highest BCUT2D eigenvalue weighted by atomic mass is 16.5. The van der Waals surface area contributed by atoms with Crippen molar-refractivity contribution in [3.05, 3.63) is 83.2 Å². The van der Waals surface area contributed by atoms with E-state index in [2.05, 4.69) is 31.6 Å². The molecule has 1 aromatic heterocycles. The molecule has 5 amide bonds. The average Bonchev–Trinajstić information content (AvgIpc) is 3.71. The first-order valence-electron chi connectivity index (χ1n) is 21.0. The maximum atomic E-state index is 13.6. The van der Waals surface area contributed by atoms with Gasteiger partial charge in [-0.15, -0.1) is 5.10 Å². The molecule has 0 aliphatic rings. The van der Waals surface area contributed by atoms with Gasteiger partial charge in [0.15, 0.2) is 5.78 Å². The smallest absolute Gasteiger partial charge is 0.272 e. The summed E-state index contributed by atoms with van der Waals surface area (Å²) in [7, 11) is 1.85. The number of aliphatic hydroxyl groups is 1. The number of nitrogens with two attached hydrogens (primary N) is 2. The lowest BCUT2D eigenvalue weighted by atomic mass is 9.90. The number of primary amides is 1. The van der Waals surface area contributed by atoms with Gasteiger partial charge in [0.1, 0.15) is 18.2 Å². The molecule has 2 aromatic carbocycles. The maximum Gasteiger partial charge on any atom is 0.272 e. The molecule has 0 bridgehead atoms. The number of carbonyl (C=O) groups excluding carboxylic acids is 6. The summed E-state index contributed by atoms with van der Waals surface area (Å²) in [6.45, 7) is 5.30. The van der Waals surface area contributed by atoms with E-state index in [9.17, 15) is 33.9 Å². The summed E-state index contributed by atoms with van der Waals surface area (Å²) in [6.07, 6.45) is 5.89. The topological polar surface area (TPSA) is 286 Å². The highest BCUT2D eigenvalue weighted by molar-refractivity contribution is 6.09. The second-order valence-electron chi connectivity index (χ2n) is 15.7. The van der Waals surface area contributed by atoms with Crippen LogP contribution in [0.4, 0.5) is 0 Å². The molecule has 3 rings (SSSR count). The van der Waals surface area contributed by atoms with Crippen molar-refractivity contribution in [3.63, 3.8) is 0 Å². The Morgan fingerprint density at radius 2 is 1.43 bits per heavy atom. The van der Waals surface area contributed by atoms with Gasteiger partial charge in [-0.2, -0.15) is 0 Å². The summed E-state index contributed by atoms with van der Waals surface area (Å²) in [5.41, 5.74) is 15.4. The number of carbonyl (C=O) groups is 6. The Morgan fingerprint density at radius 3 is 2.08 bits per heavy atom. The molecule has 0 aliphatic heterocycles. The van der Waals surface area contributed by atoms with Gasteiger partial charge in [-0.05, 0) is 89.3 Å². The van der Waals surface area contributed by atoms with Gasteiger partial charge in [0, 0.05) is 36.8 Å². The summed E-state index contributed by atoms with van der Waals surface area (Å²) in [5, 5.41) is 39.4. The van der Waals surface area contributed by atoms with Crippen molar-refractivity contribution < 1.29 is 39.1 Å². The van der Waals surface area contributed by atoms with Crippen LogP contribution >= 0.6 is 0 Å². The van der Waals surface area contributed by atoms with Crippen molar-refractivity contribution in [2.24, 2.45) is 23.3 Å². The Morgan fingerprint density at radius 1 is 0.770 bits per heavy atom. The van der Waals surface area contributed by atoms with E-state index < -0.39 is 59.7 Å². The molecule has 0 saturated heterocycles. The first-order valence-corrected chi connectivity index (χ1v) is 21.0. The predicted molar refractivity (Wildman–Crippen MR) is 228 cm³/mol. The number of hydroxylamine groups is 1. The molecular weight excluding hydrogens is 785 g/mol. The molecule has 61 heavy (non-hydrogen) atoms. The van der Waals surface area contributed by atoms with E-state index in [0.29, 0.717) is 74.7 Å². The molecule has 334 valence electrons. The Kier molecular flexibility index (Phi) is 21.7. The first-order chi connectivity index (χ1) is 29.2. The van der Waals surface area contributed by atoms with Crippen molar-refractivity contribution in [1.82, 2.24) is 41.7 Å². The third-order valence-corrected chi connectivity index (χ3v) is 10.2. The highest BCUT2D eigenvalue weighted by Gasteiger charge is 2.35. The zero-order chi connectivity index (χ0) is 44.7. The monoisotopic (exact) mass is 848 g/mol. The predicted octanol–water partition coefficient (Wildman–Crippen LogP) is 1.06. The molecule has 0 unspecified atom stereocenters. The molecule has 18 heteroatoms. The van der Waals surface area contributed by atoms with Crippen LogP contribution in [0.5, 0.6) is 0 Å². The number of aryl methyl sites for hydroxylation is 2. The van der Waals surface area contributed by atoms with Crippen LogP contribution < -0.4 is 38.2 Å². The van der Waals surface area contributed by atoms with Crippen LogP contribution in [-0.4, -0.2) is 105 Å². The van der Waals surface area contributed by atoms with Crippen LogP contribution in [0.3, 0.4) is 0 Å². The average molecular weight is 849 g/mol. The number of unbranched alkanes of at least 4 members (excludes halogenated alkanes) is 3. The van der Waals surface area contributed by atoms with Gasteiger partial charge in [-0.25, -0.2) is 5.48 Å². The van der Waals surface area contributed by atoms with Crippen molar-refractivity contribution in [2.45, 2.75) is 115 Å². The molecule has 11 N–H and O–H groups in total. The Balaban J connectivity index is 1.51. The quantitative estimate of drug-likeness (QED) is 0.0205. The van der Waals surface area contributed by atoms with Crippen molar-refractivity contribution >= 4 is 35.3 Å². The summed E-state index contributed by atoms with van der Waals surface area (Å²) in [6, 6.07) is 13.0. The maximum absolute atomic E-state index is 13.6. The van der Waals surface area contributed by atoms with E-state index in [0.717, 1.165) is 25.1 Å². The van der Waals surface area contributed by atoms with E-state index in [4.69, 9.17) is 16.7 Å². The summed E-state index contributed by atoms with van der Waals surface area (Å²) < 4.78 is 1.72. The molecular formula is C43H64N10O8. The number of rotatable bonds is 29. The number of nitrogens with one attached hydrogen (secondary N) is 5. The normalized spacial score (nSPS) is 13.7. The lowest BCUT2D eigenvalue weighted by Gasteiger charge is -2.26. The Hall–Kier alpha value is -5.56. The molecule has 5 atom stereocenters. The largest absolute Gasteiger partial charge is 0.382 e. The lowest BCUT2D eigenvalue weighted by molar-refractivity contribution is -0.147. The second-order valence-corrected chi connectivity index (χ2v) is 15.7. The van der Waals surface area contributed by atoms with Gasteiger partial charge in [0.2, 0.25) is 23.6 Å². The highest BCUT2D eigenvalue weighted by Crippen LogP contribution is 2.18. The van der Waals surface area contributed by atoms with E-state index in [1.165, 1.54) is 5.48 Å². The molecule has 0 radical (unpaired) electrons. The van der Waals surface area contributed by atoms with Crippen LogP contribution in [0.2, 0.25) is 0 Å². The van der Waals surface area contributed by atoms with Crippen LogP contribution in [0.25, 0.3) is 0 Å². The lowest BCUT2D eigenvalue weighted by Crippen LogP contribution is -2.53. The third kappa shape index (κ3) is 17.5. The summed E-state index contributed by atoms with van der Waals surface area (Å²) >= 11 is 0. The molecule has 0 spiro atoms. The summed E-state index contributed by atoms with van der Waals surface area (Å²) in [4.78, 5) is 76.5. The first kappa shape index (κ1) is 49.8. The van der Waals surface area contributed by atoms with Gasteiger partial charge in [-0.3, -0.25) is 38.7 Å². The van der Waals surface area contributed by atoms with Crippen LogP contribution in [0, 0.1) is 11.8 Å². The number of aromatic nitrogens is 3. The molecule has 18 nitrogen and oxygen atoms in total. The fourth-order valence-electron chi connectivity index (χ4n) is 6.72. The number of nitrogens with zero attached hydrogens (tertiary/aromatic N) is 3. The molecule has 0 saturated carbocycles. The fraction of sp³-hybridized carbons (Fsp3) is 0.535. The second kappa shape index (κ2) is 26.6. The molecule has 0 aliphatic carbocycles. The van der Waals surface area contributed by atoms with Gasteiger partial charge < -0.3 is 37.8 Å². The Bertz CT molecular complexity index is 1840. The SMILES string of the molecule is CNCCCC[C@H](NC(=O)[C@H](N)CCCCn1cc(CCCCNC(=O)[C@H](Cc2ccc(C(=O)c3ccccc3)cc2)NC(=O)[C@H](CC(C)C)[C@H](O)C(=O)NO)nn1)C(N)=O. The van der Waals surface area contributed by atoms with Crippen molar-refractivity contribution in [1.29, 1.82) is 0 Å². The van der Waals surface area contributed by atoms with Crippen LogP contribution in [0.15, 0.2) is 60.8 Å².